The highest BCUT2D eigenvalue weighted by Crippen LogP contribution is 2.35. The molecule has 2 aromatic carbocycles. The maximum Gasteiger partial charge on any atom is 0.164 e. The lowest BCUT2D eigenvalue weighted by molar-refractivity contribution is 0.351. The molecule has 0 bridgehead atoms. The highest BCUT2D eigenvalue weighted by Gasteiger charge is 2.15. The molecular formula is C17H17NO2. The number of rotatable bonds is 5. The van der Waals surface area contributed by atoms with Gasteiger partial charge in [0.1, 0.15) is 0 Å². The van der Waals surface area contributed by atoms with Crippen molar-refractivity contribution in [3.63, 3.8) is 0 Å². The first kappa shape index (κ1) is 14.0. The number of benzene rings is 2. The summed E-state index contributed by atoms with van der Waals surface area (Å²) in [5, 5.41) is 8.98. The van der Waals surface area contributed by atoms with E-state index in [0.717, 1.165) is 17.5 Å². The number of nitrogens with zero attached hydrogens (tertiary/aromatic N) is 1. The lowest BCUT2D eigenvalue weighted by Gasteiger charge is -2.16. The predicted octanol–water partition coefficient (Wildman–Crippen LogP) is 3.36. The maximum atomic E-state index is 8.98. The fraction of sp³-hybridized carbons (Fsp3) is 0.235. The molecule has 0 radical (unpaired) electrons. The van der Waals surface area contributed by atoms with Crippen LogP contribution in [-0.4, -0.2) is 14.2 Å². The molecule has 102 valence electrons. The van der Waals surface area contributed by atoms with Crippen molar-refractivity contribution in [2.75, 3.05) is 14.2 Å². The van der Waals surface area contributed by atoms with E-state index in [1.165, 1.54) is 5.56 Å². The molecule has 2 aromatic rings. The van der Waals surface area contributed by atoms with Gasteiger partial charge >= 0.3 is 0 Å². The molecule has 0 atom stereocenters. The topological polar surface area (TPSA) is 42.2 Å². The minimum absolute atomic E-state index is 0.364. The molecule has 0 fully saturated rings. The monoisotopic (exact) mass is 267 g/mol. The van der Waals surface area contributed by atoms with E-state index < -0.39 is 0 Å². The first-order valence-electron chi connectivity index (χ1n) is 6.43. The van der Waals surface area contributed by atoms with Crippen LogP contribution in [0.15, 0.2) is 42.5 Å². The van der Waals surface area contributed by atoms with E-state index in [2.05, 4.69) is 18.2 Å². The zero-order chi connectivity index (χ0) is 14.4. The van der Waals surface area contributed by atoms with Crippen LogP contribution in [0, 0.1) is 11.3 Å². The third-order valence-corrected chi connectivity index (χ3v) is 3.24. The van der Waals surface area contributed by atoms with Crippen molar-refractivity contribution in [3.8, 4) is 17.6 Å². The first-order valence-corrected chi connectivity index (χ1v) is 6.43. The quantitative estimate of drug-likeness (QED) is 0.834. The third kappa shape index (κ3) is 2.92. The summed E-state index contributed by atoms with van der Waals surface area (Å²) in [5.41, 5.74) is 3.17. The molecule has 0 saturated heterocycles. The molecule has 0 aliphatic heterocycles. The average molecular weight is 267 g/mol. The third-order valence-electron chi connectivity index (χ3n) is 3.24. The summed E-state index contributed by atoms with van der Waals surface area (Å²) in [6, 6.07) is 16.1. The summed E-state index contributed by atoms with van der Waals surface area (Å²) in [6.07, 6.45) is 1.08. The van der Waals surface area contributed by atoms with Crippen LogP contribution in [0.1, 0.15) is 16.7 Å². The number of nitriles is 1. The number of hydrogen-bond acceptors (Lipinski definition) is 3. The van der Waals surface area contributed by atoms with Gasteiger partial charge in [0.05, 0.1) is 26.7 Å². The van der Waals surface area contributed by atoms with E-state index >= 15 is 0 Å². The Morgan fingerprint density at radius 3 is 2.35 bits per heavy atom. The second-order valence-electron chi connectivity index (χ2n) is 4.44. The van der Waals surface area contributed by atoms with Crippen LogP contribution in [-0.2, 0) is 12.8 Å². The van der Waals surface area contributed by atoms with Crippen molar-refractivity contribution in [1.29, 1.82) is 5.26 Å². The normalized spacial score (nSPS) is 9.85. The van der Waals surface area contributed by atoms with E-state index in [1.807, 2.05) is 30.3 Å². The minimum atomic E-state index is 0.364. The summed E-state index contributed by atoms with van der Waals surface area (Å²) in [7, 11) is 3.25. The fourth-order valence-corrected chi connectivity index (χ4v) is 2.28. The second kappa shape index (κ2) is 6.63. The van der Waals surface area contributed by atoms with Crippen molar-refractivity contribution < 1.29 is 9.47 Å². The molecule has 0 spiro atoms. The number of ether oxygens (including phenoxy) is 2. The standard InChI is InChI=1S/C17H17NO2/c1-19-16-9-8-14(10-11-18)15(17(16)20-2)12-13-6-4-3-5-7-13/h3-9H,10,12H2,1-2H3. The SMILES string of the molecule is COc1ccc(CC#N)c(Cc2ccccc2)c1OC. The Morgan fingerprint density at radius 2 is 1.75 bits per heavy atom. The highest BCUT2D eigenvalue weighted by molar-refractivity contribution is 5.53. The van der Waals surface area contributed by atoms with E-state index in [9.17, 15) is 0 Å². The van der Waals surface area contributed by atoms with Crippen LogP contribution in [0.3, 0.4) is 0 Å². The van der Waals surface area contributed by atoms with Crippen LogP contribution in [0.4, 0.5) is 0 Å². The molecule has 0 unspecified atom stereocenters. The smallest absolute Gasteiger partial charge is 0.164 e. The Labute approximate surface area is 119 Å². The molecule has 0 aliphatic carbocycles. The Bertz CT molecular complexity index is 615. The lowest BCUT2D eigenvalue weighted by Crippen LogP contribution is -2.02. The van der Waals surface area contributed by atoms with Crippen LogP contribution >= 0.6 is 0 Å². The van der Waals surface area contributed by atoms with Gasteiger partial charge in [-0.25, -0.2) is 0 Å². The Morgan fingerprint density at radius 1 is 1.00 bits per heavy atom. The highest BCUT2D eigenvalue weighted by atomic mass is 16.5. The predicted molar refractivity (Wildman–Crippen MR) is 78.1 cm³/mol. The maximum absolute atomic E-state index is 8.98. The molecule has 0 heterocycles. The molecule has 3 heteroatoms. The summed E-state index contributed by atoms with van der Waals surface area (Å²) >= 11 is 0. The van der Waals surface area contributed by atoms with Crippen LogP contribution < -0.4 is 9.47 Å². The van der Waals surface area contributed by atoms with Gasteiger partial charge < -0.3 is 9.47 Å². The molecule has 0 aliphatic rings. The van der Waals surface area contributed by atoms with E-state index in [-0.39, 0.29) is 0 Å². The largest absolute Gasteiger partial charge is 0.493 e. The van der Waals surface area contributed by atoms with Crippen LogP contribution in [0.25, 0.3) is 0 Å². The lowest BCUT2D eigenvalue weighted by atomic mass is 9.96. The molecule has 0 saturated carbocycles. The summed E-state index contributed by atoms with van der Waals surface area (Å²) in [6.45, 7) is 0. The minimum Gasteiger partial charge on any atom is -0.493 e. The van der Waals surface area contributed by atoms with E-state index in [0.29, 0.717) is 17.9 Å². The van der Waals surface area contributed by atoms with Gasteiger partial charge in [0.2, 0.25) is 0 Å². The van der Waals surface area contributed by atoms with Gasteiger partial charge in [-0.05, 0) is 17.2 Å². The molecule has 2 rings (SSSR count). The number of hydrogen-bond donors (Lipinski definition) is 0. The van der Waals surface area contributed by atoms with Gasteiger partial charge in [-0.15, -0.1) is 0 Å². The second-order valence-corrected chi connectivity index (χ2v) is 4.44. The average Bonchev–Trinajstić information content (AvgIpc) is 2.49. The van der Waals surface area contributed by atoms with Gasteiger partial charge in [-0.2, -0.15) is 5.26 Å². The Hall–Kier alpha value is -2.47. The molecule has 0 N–H and O–H groups in total. The van der Waals surface area contributed by atoms with Gasteiger partial charge in [-0.3, -0.25) is 0 Å². The first-order chi connectivity index (χ1) is 9.80. The van der Waals surface area contributed by atoms with Gasteiger partial charge in [0.15, 0.2) is 11.5 Å². The van der Waals surface area contributed by atoms with Crippen molar-refractivity contribution in [3.05, 3.63) is 59.2 Å². The van der Waals surface area contributed by atoms with Gasteiger partial charge in [0.25, 0.3) is 0 Å². The van der Waals surface area contributed by atoms with Crippen LogP contribution in [0.5, 0.6) is 11.5 Å². The van der Waals surface area contributed by atoms with E-state index in [4.69, 9.17) is 14.7 Å². The number of methoxy groups -OCH3 is 2. The molecule has 20 heavy (non-hydrogen) atoms. The Balaban J connectivity index is 2.49. The molecular weight excluding hydrogens is 250 g/mol. The van der Waals surface area contributed by atoms with Gasteiger partial charge in [0, 0.05) is 12.0 Å². The summed E-state index contributed by atoms with van der Waals surface area (Å²) in [5.74, 6) is 1.41. The summed E-state index contributed by atoms with van der Waals surface area (Å²) < 4.78 is 10.8. The summed E-state index contributed by atoms with van der Waals surface area (Å²) in [4.78, 5) is 0. The zero-order valence-electron chi connectivity index (χ0n) is 11.7. The van der Waals surface area contributed by atoms with Crippen molar-refractivity contribution in [2.45, 2.75) is 12.8 Å². The van der Waals surface area contributed by atoms with Crippen molar-refractivity contribution in [1.82, 2.24) is 0 Å². The van der Waals surface area contributed by atoms with E-state index in [1.54, 1.807) is 14.2 Å². The van der Waals surface area contributed by atoms with Gasteiger partial charge in [-0.1, -0.05) is 36.4 Å². The molecule has 0 aromatic heterocycles. The zero-order valence-corrected chi connectivity index (χ0v) is 11.7. The van der Waals surface area contributed by atoms with Crippen LogP contribution in [0.2, 0.25) is 0 Å². The Kier molecular flexibility index (Phi) is 4.62. The van der Waals surface area contributed by atoms with Crippen molar-refractivity contribution in [2.24, 2.45) is 0 Å². The van der Waals surface area contributed by atoms with Crippen molar-refractivity contribution >= 4 is 0 Å². The molecule has 3 nitrogen and oxygen atoms in total. The fourth-order valence-electron chi connectivity index (χ4n) is 2.28. The molecule has 0 amide bonds.